The van der Waals surface area contributed by atoms with Gasteiger partial charge in [-0.25, -0.2) is 4.98 Å². The summed E-state index contributed by atoms with van der Waals surface area (Å²) in [5.41, 5.74) is 2.87. The van der Waals surface area contributed by atoms with E-state index in [1.807, 2.05) is 29.7 Å². The minimum atomic E-state index is 0.0324. The number of aromatic nitrogens is 2. The van der Waals surface area contributed by atoms with Crippen LogP contribution in [0.5, 0.6) is 0 Å². The molecule has 0 saturated carbocycles. The summed E-state index contributed by atoms with van der Waals surface area (Å²) in [6, 6.07) is 3.94. The van der Waals surface area contributed by atoms with Crippen molar-refractivity contribution in [3.05, 3.63) is 35.8 Å². The summed E-state index contributed by atoms with van der Waals surface area (Å²) in [6.45, 7) is 2.05. The van der Waals surface area contributed by atoms with Gasteiger partial charge in [0.15, 0.2) is 0 Å². The van der Waals surface area contributed by atoms with E-state index < -0.39 is 0 Å². The lowest BCUT2D eigenvalue weighted by Crippen LogP contribution is -1.92. The number of hydrogen-bond acceptors (Lipinski definition) is 2. The third-order valence-corrected chi connectivity index (χ3v) is 1.89. The van der Waals surface area contributed by atoms with Crippen molar-refractivity contribution in [2.45, 2.75) is 13.5 Å². The predicted molar refractivity (Wildman–Crippen MR) is 45.9 cm³/mol. The number of imidazole rings is 1. The Hall–Kier alpha value is -1.35. The molecule has 0 atom stereocenters. The lowest BCUT2D eigenvalue weighted by molar-refractivity contribution is 0.276. The van der Waals surface area contributed by atoms with E-state index in [0.29, 0.717) is 0 Å². The Morgan fingerprint density at radius 2 is 2.33 bits per heavy atom. The highest BCUT2D eigenvalue weighted by Gasteiger charge is 2.00. The minimum Gasteiger partial charge on any atom is -0.390 e. The monoisotopic (exact) mass is 162 g/mol. The van der Waals surface area contributed by atoms with E-state index >= 15 is 0 Å². The van der Waals surface area contributed by atoms with Crippen LogP contribution in [0.3, 0.4) is 0 Å². The van der Waals surface area contributed by atoms with Gasteiger partial charge < -0.3 is 9.51 Å². The average Bonchev–Trinajstić information content (AvgIpc) is 2.46. The molecule has 0 aliphatic rings. The van der Waals surface area contributed by atoms with Crippen LogP contribution in [0.1, 0.15) is 11.3 Å². The first kappa shape index (κ1) is 7.31. The first-order valence-corrected chi connectivity index (χ1v) is 3.85. The molecule has 0 aliphatic carbocycles. The third-order valence-electron chi connectivity index (χ3n) is 1.89. The number of fused-ring (bicyclic) bond motifs is 1. The maximum absolute atomic E-state index is 8.95. The number of aryl methyl sites for hydroxylation is 1. The normalized spacial score (nSPS) is 10.8. The fraction of sp³-hybridized carbons (Fsp3) is 0.222. The van der Waals surface area contributed by atoms with E-state index in [1.165, 1.54) is 0 Å². The van der Waals surface area contributed by atoms with Crippen molar-refractivity contribution in [3.63, 3.8) is 0 Å². The molecule has 12 heavy (non-hydrogen) atoms. The Morgan fingerprint density at radius 1 is 1.50 bits per heavy atom. The van der Waals surface area contributed by atoms with Gasteiger partial charge in [-0.15, -0.1) is 0 Å². The van der Waals surface area contributed by atoms with E-state index in [1.54, 1.807) is 6.20 Å². The van der Waals surface area contributed by atoms with E-state index in [0.717, 1.165) is 16.9 Å². The Morgan fingerprint density at radius 3 is 3.08 bits per heavy atom. The van der Waals surface area contributed by atoms with Crippen molar-refractivity contribution in [2.75, 3.05) is 0 Å². The summed E-state index contributed by atoms with van der Waals surface area (Å²) in [6.07, 6.45) is 3.66. The van der Waals surface area contributed by atoms with Gasteiger partial charge in [-0.05, 0) is 18.6 Å². The van der Waals surface area contributed by atoms with Crippen LogP contribution in [-0.4, -0.2) is 14.5 Å². The number of pyridine rings is 1. The summed E-state index contributed by atoms with van der Waals surface area (Å²) < 4.78 is 1.90. The highest BCUT2D eigenvalue weighted by Crippen LogP contribution is 2.07. The standard InChI is InChI=1S/C9H10N2O/c1-7-2-3-9-10-4-8(6-12)11(9)5-7/h2-5,12H,6H2,1H3. The maximum Gasteiger partial charge on any atom is 0.136 e. The van der Waals surface area contributed by atoms with Gasteiger partial charge in [-0.1, -0.05) is 6.07 Å². The first-order chi connectivity index (χ1) is 5.81. The van der Waals surface area contributed by atoms with E-state index in [2.05, 4.69) is 4.98 Å². The summed E-state index contributed by atoms with van der Waals surface area (Å²) in [5, 5.41) is 8.95. The van der Waals surface area contributed by atoms with Crippen LogP contribution in [-0.2, 0) is 6.61 Å². The van der Waals surface area contributed by atoms with Crippen molar-refractivity contribution in [1.82, 2.24) is 9.38 Å². The molecule has 3 nitrogen and oxygen atoms in total. The van der Waals surface area contributed by atoms with Crippen LogP contribution in [0.15, 0.2) is 24.5 Å². The van der Waals surface area contributed by atoms with Crippen LogP contribution in [0, 0.1) is 6.92 Å². The zero-order chi connectivity index (χ0) is 8.55. The van der Waals surface area contributed by atoms with Gasteiger partial charge in [0.25, 0.3) is 0 Å². The lowest BCUT2D eigenvalue weighted by atomic mass is 10.3. The molecule has 0 fully saturated rings. The van der Waals surface area contributed by atoms with Crippen LogP contribution in [0.4, 0.5) is 0 Å². The quantitative estimate of drug-likeness (QED) is 0.682. The van der Waals surface area contributed by atoms with Gasteiger partial charge in [0.1, 0.15) is 5.65 Å². The van der Waals surface area contributed by atoms with Gasteiger partial charge in [0.05, 0.1) is 18.5 Å². The molecule has 0 saturated heterocycles. The molecule has 0 spiro atoms. The third kappa shape index (κ3) is 0.987. The highest BCUT2D eigenvalue weighted by atomic mass is 16.3. The number of aliphatic hydroxyl groups is 1. The van der Waals surface area contributed by atoms with E-state index in [-0.39, 0.29) is 6.61 Å². The molecule has 0 bridgehead atoms. The van der Waals surface area contributed by atoms with Crippen molar-refractivity contribution in [1.29, 1.82) is 0 Å². The van der Waals surface area contributed by atoms with Crippen LogP contribution < -0.4 is 0 Å². The summed E-state index contributed by atoms with van der Waals surface area (Å²) >= 11 is 0. The van der Waals surface area contributed by atoms with Crippen LogP contribution >= 0.6 is 0 Å². The van der Waals surface area contributed by atoms with Gasteiger partial charge in [0.2, 0.25) is 0 Å². The van der Waals surface area contributed by atoms with Crippen molar-refractivity contribution in [2.24, 2.45) is 0 Å². The van der Waals surface area contributed by atoms with Crippen molar-refractivity contribution >= 4 is 5.65 Å². The molecule has 2 aromatic heterocycles. The number of hydrogen-bond donors (Lipinski definition) is 1. The second-order valence-electron chi connectivity index (χ2n) is 2.84. The molecule has 62 valence electrons. The minimum absolute atomic E-state index is 0.0324. The molecule has 0 unspecified atom stereocenters. The summed E-state index contributed by atoms with van der Waals surface area (Å²) in [5.74, 6) is 0. The lowest BCUT2D eigenvalue weighted by Gasteiger charge is -1.98. The number of rotatable bonds is 1. The number of nitrogens with zero attached hydrogens (tertiary/aromatic N) is 2. The molecular weight excluding hydrogens is 152 g/mol. The van der Waals surface area contributed by atoms with Crippen LogP contribution in [0.2, 0.25) is 0 Å². The average molecular weight is 162 g/mol. The SMILES string of the molecule is Cc1ccc2ncc(CO)n2c1. The Balaban J connectivity index is 2.75. The Kier molecular flexibility index (Phi) is 1.59. The Bertz CT molecular complexity index is 406. The summed E-state index contributed by atoms with van der Waals surface area (Å²) in [7, 11) is 0. The Labute approximate surface area is 70.3 Å². The summed E-state index contributed by atoms with van der Waals surface area (Å²) in [4.78, 5) is 4.13. The number of aliphatic hydroxyl groups excluding tert-OH is 1. The van der Waals surface area contributed by atoms with E-state index in [4.69, 9.17) is 5.11 Å². The molecule has 3 heteroatoms. The van der Waals surface area contributed by atoms with Gasteiger partial charge in [0, 0.05) is 6.20 Å². The zero-order valence-electron chi connectivity index (χ0n) is 6.86. The molecule has 0 aliphatic heterocycles. The van der Waals surface area contributed by atoms with E-state index in [9.17, 15) is 0 Å². The van der Waals surface area contributed by atoms with Crippen LogP contribution in [0.25, 0.3) is 5.65 Å². The molecule has 2 aromatic rings. The molecule has 2 heterocycles. The highest BCUT2D eigenvalue weighted by molar-refractivity contribution is 5.41. The van der Waals surface area contributed by atoms with Crippen molar-refractivity contribution in [3.8, 4) is 0 Å². The second-order valence-corrected chi connectivity index (χ2v) is 2.84. The fourth-order valence-electron chi connectivity index (χ4n) is 1.25. The largest absolute Gasteiger partial charge is 0.390 e. The fourth-order valence-corrected chi connectivity index (χ4v) is 1.25. The smallest absolute Gasteiger partial charge is 0.136 e. The molecule has 0 radical (unpaired) electrons. The first-order valence-electron chi connectivity index (χ1n) is 3.85. The molecule has 1 N–H and O–H groups in total. The molecule has 0 aromatic carbocycles. The maximum atomic E-state index is 8.95. The van der Waals surface area contributed by atoms with Gasteiger partial charge >= 0.3 is 0 Å². The molecular formula is C9H10N2O. The predicted octanol–water partition coefficient (Wildman–Crippen LogP) is 1.14. The topological polar surface area (TPSA) is 37.5 Å². The molecule has 2 rings (SSSR count). The van der Waals surface area contributed by atoms with Gasteiger partial charge in [-0.2, -0.15) is 0 Å². The molecule has 0 amide bonds. The second kappa shape index (κ2) is 2.60. The zero-order valence-corrected chi connectivity index (χ0v) is 6.86. The van der Waals surface area contributed by atoms with Crippen molar-refractivity contribution < 1.29 is 5.11 Å². The van der Waals surface area contributed by atoms with Gasteiger partial charge in [-0.3, -0.25) is 0 Å².